The Morgan fingerprint density at radius 2 is 1.86 bits per heavy atom. The number of benzene rings is 1. The molecule has 1 aromatic carbocycles. The molecule has 0 bridgehead atoms. The van der Waals surface area contributed by atoms with Crippen molar-refractivity contribution in [2.75, 3.05) is 33.9 Å². The lowest BCUT2D eigenvalue weighted by Crippen LogP contribution is -2.57. The number of nitrogens with zero attached hydrogens (tertiary/aromatic N) is 5. The first-order chi connectivity index (χ1) is 13.5. The molecule has 0 atom stereocenters. The van der Waals surface area contributed by atoms with E-state index in [9.17, 15) is 4.79 Å². The molecule has 2 aromatic rings. The van der Waals surface area contributed by atoms with Crippen molar-refractivity contribution in [1.29, 1.82) is 0 Å². The third kappa shape index (κ3) is 3.32. The van der Waals surface area contributed by atoms with Crippen molar-refractivity contribution < 1.29 is 14.3 Å². The van der Waals surface area contributed by atoms with Crippen molar-refractivity contribution >= 4 is 6.09 Å². The second kappa shape index (κ2) is 7.43. The highest BCUT2D eigenvalue weighted by Gasteiger charge is 2.45. The van der Waals surface area contributed by atoms with E-state index in [1.54, 1.807) is 12.0 Å². The molecule has 4 rings (SSSR count). The number of carbonyl (C=O) groups excluding carboxylic acids is 1. The summed E-state index contributed by atoms with van der Waals surface area (Å²) in [5.41, 5.74) is 1.11. The maximum atomic E-state index is 12.2. The van der Waals surface area contributed by atoms with Gasteiger partial charge in [0.15, 0.2) is 5.82 Å². The monoisotopic (exact) mass is 385 g/mol. The zero-order chi connectivity index (χ0) is 19.7. The maximum Gasteiger partial charge on any atom is 0.409 e. The minimum atomic E-state index is -0.299. The quantitative estimate of drug-likeness (QED) is 0.806. The van der Waals surface area contributed by atoms with Gasteiger partial charge in [0.2, 0.25) is 0 Å². The van der Waals surface area contributed by atoms with Crippen LogP contribution < -0.4 is 4.74 Å². The molecule has 1 saturated heterocycles. The molecule has 2 aliphatic rings. The number of hydrogen-bond donors (Lipinski definition) is 0. The van der Waals surface area contributed by atoms with E-state index in [0.717, 1.165) is 49.9 Å². The first kappa shape index (κ1) is 18.7. The molecule has 0 N–H and O–H groups in total. The van der Waals surface area contributed by atoms with E-state index in [1.165, 1.54) is 12.7 Å². The fourth-order valence-corrected chi connectivity index (χ4v) is 4.53. The van der Waals surface area contributed by atoms with Crippen molar-refractivity contribution in [3.05, 3.63) is 41.5 Å². The molecule has 3 heterocycles. The molecule has 28 heavy (non-hydrogen) atoms. The van der Waals surface area contributed by atoms with Gasteiger partial charge in [0.25, 0.3) is 0 Å². The molecule has 0 saturated carbocycles. The lowest BCUT2D eigenvalue weighted by molar-refractivity contribution is 0.0320. The van der Waals surface area contributed by atoms with E-state index in [4.69, 9.17) is 9.47 Å². The Kier molecular flexibility index (Phi) is 4.97. The van der Waals surface area contributed by atoms with Crippen LogP contribution in [0, 0.1) is 6.92 Å². The van der Waals surface area contributed by atoms with Gasteiger partial charge < -0.3 is 14.0 Å². The SMILES string of the molecule is COC(=O)N1Cc2nnc(C)n2C2(CCN(Cc3ccc(OC)cc3)CC2)C1. The largest absolute Gasteiger partial charge is 0.497 e. The summed E-state index contributed by atoms with van der Waals surface area (Å²) in [7, 11) is 3.11. The van der Waals surface area contributed by atoms with Crippen molar-refractivity contribution in [3.8, 4) is 5.75 Å². The fourth-order valence-electron chi connectivity index (χ4n) is 4.53. The second-order valence-electron chi connectivity index (χ2n) is 7.67. The molecule has 0 aliphatic carbocycles. The molecule has 1 aromatic heterocycles. The van der Waals surface area contributed by atoms with Crippen LogP contribution in [0.25, 0.3) is 0 Å². The predicted molar refractivity (Wildman–Crippen MR) is 103 cm³/mol. The third-order valence-corrected chi connectivity index (χ3v) is 5.97. The van der Waals surface area contributed by atoms with E-state index in [0.29, 0.717) is 13.1 Å². The fraction of sp³-hybridized carbons (Fsp3) is 0.550. The van der Waals surface area contributed by atoms with Crippen LogP contribution in [0.5, 0.6) is 5.75 Å². The molecule has 8 heteroatoms. The molecule has 1 fully saturated rings. The van der Waals surface area contributed by atoms with Gasteiger partial charge in [-0.1, -0.05) is 12.1 Å². The summed E-state index contributed by atoms with van der Waals surface area (Å²) in [5, 5.41) is 8.59. The zero-order valence-corrected chi connectivity index (χ0v) is 16.7. The molecule has 1 spiro atoms. The van der Waals surface area contributed by atoms with Gasteiger partial charge in [-0.25, -0.2) is 4.79 Å². The standard InChI is InChI=1S/C20H27N5O3/c1-15-21-22-18-13-24(19(26)28-3)14-20(25(15)18)8-10-23(11-9-20)12-16-4-6-17(27-2)7-5-16/h4-7H,8-14H2,1-3H3. The van der Waals surface area contributed by atoms with Crippen molar-refractivity contribution in [1.82, 2.24) is 24.6 Å². The number of methoxy groups -OCH3 is 2. The Morgan fingerprint density at radius 1 is 1.14 bits per heavy atom. The molecule has 0 unspecified atom stereocenters. The molecular formula is C20H27N5O3. The number of amides is 1. The number of hydrogen-bond acceptors (Lipinski definition) is 6. The van der Waals surface area contributed by atoms with Gasteiger partial charge in [-0.15, -0.1) is 10.2 Å². The molecule has 0 radical (unpaired) electrons. The molecular weight excluding hydrogens is 358 g/mol. The lowest BCUT2D eigenvalue weighted by Gasteiger charge is -2.48. The first-order valence-corrected chi connectivity index (χ1v) is 9.64. The minimum Gasteiger partial charge on any atom is -0.497 e. The smallest absolute Gasteiger partial charge is 0.409 e. The van der Waals surface area contributed by atoms with Crippen LogP contribution >= 0.6 is 0 Å². The number of rotatable bonds is 3. The summed E-state index contributed by atoms with van der Waals surface area (Å²) in [6.07, 6.45) is 1.59. The van der Waals surface area contributed by atoms with E-state index in [2.05, 4.69) is 31.8 Å². The number of likely N-dealkylation sites (tertiary alicyclic amines) is 1. The van der Waals surface area contributed by atoms with E-state index < -0.39 is 0 Å². The van der Waals surface area contributed by atoms with Gasteiger partial charge in [-0.3, -0.25) is 9.80 Å². The van der Waals surface area contributed by atoms with E-state index >= 15 is 0 Å². The number of fused-ring (bicyclic) bond motifs is 2. The lowest BCUT2D eigenvalue weighted by atomic mass is 9.84. The second-order valence-corrected chi connectivity index (χ2v) is 7.67. The Labute approximate surface area is 165 Å². The summed E-state index contributed by atoms with van der Waals surface area (Å²) in [6.45, 7) is 5.91. The number of aromatic nitrogens is 3. The van der Waals surface area contributed by atoms with Crippen molar-refractivity contribution in [3.63, 3.8) is 0 Å². The van der Waals surface area contributed by atoms with Crippen LogP contribution in [0.2, 0.25) is 0 Å². The number of carbonyl (C=O) groups is 1. The number of ether oxygens (including phenoxy) is 2. The summed E-state index contributed by atoms with van der Waals surface area (Å²) in [6, 6.07) is 8.24. The highest BCUT2D eigenvalue weighted by atomic mass is 16.5. The van der Waals surface area contributed by atoms with Crippen LogP contribution in [0.15, 0.2) is 24.3 Å². The molecule has 2 aliphatic heterocycles. The number of piperidine rings is 1. The molecule has 150 valence electrons. The van der Waals surface area contributed by atoms with Gasteiger partial charge in [-0.05, 0) is 37.5 Å². The summed E-state index contributed by atoms with van der Waals surface area (Å²) >= 11 is 0. The minimum absolute atomic E-state index is 0.161. The van der Waals surface area contributed by atoms with Crippen molar-refractivity contribution in [2.45, 2.75) is 38.4 Å². The van der Waals surface area contributed by atoms with Gasteiger partial charge in [-0.2, -0.15) is 0 Å². The average Bonchev–Trinajstić information content (AvgIpc) is 3.11. The Balaban J connectivity index is 1.49. The molecule has 8 nitrogen and oxygen atoms in total. The normalized spacial score (nSPS) is 18.8. The Morgan fingerprint density at radius 3 is 2.50 bits per heavy atom. The zero-order valence-electron chi connectivity index (χ0n) is 16.7. The average molecular weight is 385 g/mol. The number of aryl methyl sites for hydroxylation is 1. The topological polar surface area (TPSA) is 72.7 Å². The van der Waals surface area contributed by atoms with Gasteiger partial charge in [0, 0.05) is 26.2 Å². The van der Waals surface area contributed by atoms with Crippen LogP contribution in [-0.4, -0.2) is 64.5 Å². The van der Waals surface area contributed by atoms with Gasteiger partial charge in [0.05, 0.1) is 26.3 Å². The highest BCUT2D eigenvalue weighted by Crippen LogP contribution is 2.37. The van der Waals surface area contributed by atoms with Gasteiger partial charge >= 0.3 is 6.09 Å². The predicted octanol–water partition coefficient (Wildman–Crippen LogP) is 2.17. The van der Waals surface area contributed by atoms with Crippen LogP contribution in [0.1, 0.15) is 30.1 Å². The molecule has 1 amide bonds. The third-order valence-electron chi connectivity index (χ3n) is 5.97. The van der Waals surface area contributed by atoms with Crippen molar-refractivity contribution in [2.24, 2.45) is 0 Å². The van der Waals surface area contributed by atoms with Gasteiger partial charge in [0.1, 0.15) is 11.6 Å². The summed E-state index contributed by atoms with van der Waals surface area (Å²) in [4.78, 5) is 16.4. The Hall–Kier alpha value is -2.61. The van der Waals surface area contributed by atoms with Crippen LogP contribution in [0.4, 0.5) is 4.79 Å². The maximum absolute atomic E-state index is 12.2. The Bertz CT molecular complexity index is 840. The van der Waals surface area contributed by atoms with Crippen LogP contribution in [0.3, 0.4) is 0 Å². The van der Waals surface area contributed by atoms with E-state index in [1.807, 2.05) is 19.1 Å². The highest BCUT2D eigenvalue weighted by molar-refractivity contribution is 5.67. The van der Waals surface area contributed by atoms with E-state index in [-0.39, 0.29) is 11.6 Å². The van der Waals surface area contributed by atoms with Crippen LogP contribution in [-0.2, 0) is 23.4 Å². The first-order valence-electron chi connectivity index (χ1n) is 9.64. The summed E-state index contributed by atoms with van der Waals surface area (Å²) < 4.78 is 12.5. The summed E-state index contributed by atoms with van der Waals surface area (Å²) in [5.74, 6) is 2.64.